The second kappa shape index (κ2) is 9.20. The molecule has 4 rings (SSSR count). The number of carbonyl (C=O) groups is 1. The average molecular weight is 441 g/mol. The van der Waals surface area contributed by atoms with E-state index in [1.54, 1.807) is 16.8 Å². The first kappa shape index (κ1) is 21.5. The largest absolute Gasteiger partial charge is 0.349 e. The molecule has 0 radical (unpaired) electrons. The fourth-order valence-corrected chi connectivity index (χ4v) is 4.32. The number of nitrogens with one attached hydrogen (secondary N) is 1. The van der Waals surface area contributed by atoms with Gasteiger partial charge in [-0.05, 0) is 67.9 Å². The van der Waals surface area contributed by atoms with Gasteiger partial charge in [-0.15, -0.1) is 0 Å². The number of aryl methyl sites for hydroxylation is 1. The third kappa shape index (κ3) is 4.36. The van der Waals surface area contributed by atoms with Crippen molar-refractivity contribution >= 4 is 17.5 Å². The number of likely N-dealkylation sites (N-methyl/N-ethyl adjacent to an activating group) is 1. The van der Waals surface area contributed by atoms with Gasteiger partial charge in [-0.25, -0.2) is 9.07 Å². The summed E-state index contributed by atoms with van der Waals surface area (Å²) in [5, 5.41) is 8.39. The van der Waals surface area contributed by atoms with Crippen LogP contribution in [0.4, 0.5) is 4.39 Å². The Kier molecular flexibility index (Phi) is 6.39. The Morgan fingerprint density at radius 3 is 2.61 bits per heavy atom. The van der Waals surface area contributed by atoms with Crippen LogP contribution in [0.1, 0.15) is 35.5 Å². The molecule has 0 saturated heterocycles. The SMILES string of the molecule is CCN(CC)CCNC(=O)c1nn(-c2ccc(F)cc2)c2c1CCc1cc(Cl)ccc1-2. The number of nitrogens with zero attached hydrogens (tertiary/aromatic N) is 3. The molecule has 1 N–H and O–H groups in total. The fourth-order valence-electron chi connectivity index (χ4n) is 4.13. The van der Waals surface area contributed by atoms with Gasteiger partial charge in [-0.3, -0.25) is 4.79 Å². The van der Waals surface area contributed by atoms with Crippen LogP contribution in [-0.2, 0) is 12.8 Å². The molecule has 0 fully saturated rings. The molecule has 0 bridgehead atoms. The second-order valence-electron chi connectivity index (χ2n) is 7.65. The van der Waals surface area contributed by atoms with Crippen LogP contribution in [0.15, 0.2) is 42.5 Å². The molecular formula is C24H26ClFN4O. The van der Waals surface area contributed by atoms with Crippen molar-refractivity contribution in [2.45, 2.75) is 26.7 Å². The lowest BCUT2D eigenvalue weighted by Crippen LogP contribution is -2.35. The van der Waals surface area contributed by atoms with Gasteiger partial charge < -0.3 is 10.2 Å². The molecule has 0 aliphatic heterocycles. The van der Waals surface area contributed by atoms with Gasteiger partial charge in [0.25, 0.3) is 5.91 Å². The lowest BCUT2D eigenvalue weighted by Gasteiger charge is -2.19. The number of hydrogen-bond donors (Lipinski definition) is 1. The number of aromatic nitrogens is 2. The molecule has 162 valence electrons. The van der Waals surface area contributed by atoms with E-state index >= 15 is 0 Å². The predicted molar refractivity (Wildman–Crippen MR) is 121 cm³/mol. The number of rotatable bonds is 7. The Hall–Kier alpha value is -2.70. The quantitative estimate of drug-likeness (QED) is 0.588. The molecule has 1 heterocycles. The van der Waals surface area contributed by atoms with Crippen molar-refractivity contribution in [2.75, 3.05) is 26.2 Å². The highest BCUT2D eigenvalue weighted by Gasteiger charge is 2.29. The number of fused-ring (bicyclic) bond motifs is 3. The minimum absolute atomic E-state index is 0.179. The van der Waals surface area contributed by atoms with Crippen molar-refractivity contribution in [1.29, 1.82) is 0 Å². The molecule has 1 aromatic heterocycles. The first-order chi connectivity index (χ1) is 15.0. The van der Waals surface area contributed by atoms with Gasteiger partial charge in [-0.2, -0.15) is 5.10 Å². The lowest BCUT2D eigenvalue weighted by atomic mass is 9.88. The molecule has 2 aromatic carbocycles. The van der Waals surface area contributed by atoms with Crippen LogP contribution in [-0.4, -0.2) is 46.8 Å². The minimum Gasteiger partial charge on any atom is -0.349 e. The van der Waals surface area contributed by atoms with Crippen LogP contribution in [0.2, 0.25) is 5.02 Å². The van der Waals surface area contributed by atoms with E-state index in [0.717, 1.165) is 48.4 Å². The maximum atomic E-state index is 13.5. The smallest absolute Gasteiger partial charge is 0.272 e. The van der Waals surface area contributed by atoms with E-state index in [2.05, 4.69) is 29.2 Å². The summed E-state index contributed by atoms with van der Waals surface area (Å²) < 4.78 is 15.3. The number of hydrogen-bond acceptors (Lipinski definition) is 3. The Labute approximate surface area is 186 Å². The fraction of sp³-hybridized carbons (Fsp3) is 0.333. The molecule has 0 unspecified atom stereocenters. The number of amides is 1. The van der Waals surface area contributed by atoms with Gasteiger partial charge in [0.1, 0.15) is 5.82 Å². The van der Waals surface area contributed by atoms with Gasteiger partial charge in [0.05, 0.1) is 11.4 Å². The van der Waals surface area contributed by atoms with E-state index in [1.165, 1.54) is 12.1 Å². The summed E-state index contributed by atoms with van der Waals surface area (Å²) in [5.41, 5.74) is 5.06. The highest BCUT2D eigenvalue weighted by Crippen LogP contribution is 2.38. The van der Waals surface area contributed by atoms with E-state index in [0.29, 0.717) is 29.4 Å². The van der Waals surface area contributed by atoms with Crippen LogP contribution < -0.4 is 5.32 Å². The Morgan fingerprint density at radius 2 is 1.90 bits per heavy atom. The van der Waals surface area contributed by atoms with Crippen molar-refractivity contribution in [3.05, 3.63) is 70.1 Å². The van der Waals surface area contributed by atoms with Crippen molar-refractivity contribution < 1.29 is 9.18 Å². The number of benzene rings is 2. The minimum atomic E-state index is -0.314. The summed E-state index contributed by atoms with van der Waals surface area (Å²) in [6.45, 7) is 7.46. The molecule has 1 aliphatic rings. The Balaban J connectivity index is 1.73. The van der Waals surface area contributed by atoms with Crippen molar-refractivity contribution in [1.82, 2.24) is 20.0 Å². The van der Waals surface area contributed by atoms with Crippen LogP contribution in [0.3, 0.4) is 0 Å². The van der Waals surface area contributed by atoms with E-state index in [1.807, 2.05) is 18.2 Å². The molecule has 3 aromatic rings. The Bertz CT molecular complexity index is 1090. The first-order valence-electron chi connectivity index (χ1n) is 10.7. The Morgan fingerprint density at radius 1 is 1.16 bits per heavy atom. The molecule has 1 amide bonds. The molecule has 31 heavy (non-hydrogen) atoms. The summed E-state index contributed by atoms with van der Waals surface area (Å²) >= 11 is 6.21. The summed E-state index contributed by atoms with van der Waals surface area (Å²) in [7, 11) is 0. The highest BCUT2D eigenvalue weighted by atomic mass is 35.5. The molecule has 0 atom stereocenters. The summed E-state index contributed by atoms with van der Waals surface area (Å²) in [6.07, 6.45) is 1.49. The van der Waals surface area contributed by atoms with E-state index in [4.69, 9.17) is 11.6 Å². The maximum Gasteiger partial charge on any atom is 0.272 e. The highest BCUT2D eigenvalue weighted by molar-refractivity contribution is 6.30. The topological polar surface area (TPSA) is 50.2 Å². The standard InChI is InChI=1S/C24H26ClFN4O/c1-3-29(4-2)14-13-27-24(31)22-21-11-5-16-15-17(25)6-12-20(16)23(21)30(28-22)19-9-7-18(26)8-10-19/h6-10,12,15H,3-5,11,13-14H2,1-2H3,(H,27,31). The maximum absolute atomic E-state index is 13.5. The predicted octanol–water partition coefficient (Wildman–Crippen LogP) is 4.50. The number of carbonyl (C=O) groups excluding carboxylic acids is 1. The third-order valence-electron chi connectivity index (χ3n) is 5.84. The van der Waals surface area contributed by atoms with Crippen molar-refractivity contribution in [2.24, 2.45) is 0 Å². The summed E-state index contributed by atoms with van der Waals surface area (Å²) in [5.74, 6) is -0.493. The van der Waals surface area contributed by atoms with E-state index in [9.17, 15) is 9.18 Å². The van der Waals surface area contributed by atoms with Gasteiger partial charge in [0, 0.05) is 29.2 Å². The van der Waals surface area contributed by atoms with Gasteiger partial charge in [0.15, 0.2) is 5.69 Å². The van der Waals surface area contributed by atoms with Crippen LogP contribution in [0.5, 0.6) is 0 Å². The van der Waals surface area contributed by atoms with Gasteiger partial charge in [0.2, 0.25) is 0 Å². The van der Waals surface area contributed by atoms with E-state index in [-0.39, 0.29) is 11.7 Å². The zero-order valence-electron chi connectivity index (χ0n) is 17.8. The zero-order valence-corrected chi connectivity index (χ0v) is 18.5. The van der Waals surface area contributed by atoms with Gasteiger partial charge >= 0.3 is 0 Å². The molecule has 0 spiro atoms. The normalized spacial score (nSPS) is 12.5. The number of halogens is 2. The van der Waals surface area contributed by atoms with Crippen molar-refractivity contribution in [3.63, 3.8) is 0 Å². The van der Waals surface area contributed by atoms with Crippen LogP contribution >= 0.6 is 11.6 Å². The molecule has 1 aliphatic carbocycles. The summed E-state index contributed by atoms with van der Waals surface area (Å²) in [6, 6.07) is 11.9. The zero-order chi connectivity index (χ0) is 22.0. The summed E-state index contributed by atoms with van der Waals surface area (Å²) in [4.78, 5) is 15.3. The monoisotopic (exact) mass is 440 g/mol. The van der Waals surface area contributed by atoms with Crippen LogP contribution in [0, 0.1) is 5.82 Å². The third-order valence-corrected chi connectivity index (χ3v) is 6.08. The van der Waals surface area contributed by atoms with Crippen molar-refractivity contribution in [3.8, 4) is 16.9 Å². The van der Waals surface area contributed by atoms with Crippen LogP contribution in [0.25, 0.3) is 16.9 Å². The first-order valence-corrected chi connectivity index (χ1v) is 11.1. The second-order valence-corrected chi connectivity index (χ2v) is 8.08. The molecule has 7 heteroatoms. The van der Waals surface area contributed by atoms with E-state index < -0.39 is 0 Å². The molecule has 0 saturated carbocycles. The molecule has 5 nitrogen and oxygen atoms in total. The van der Waals surface area contributed by atoms with Gasteiger partial charge in [-0.1, -0.05) is 31.5 Å². The molecular weight excluding hydrogens is 415 g/mol. The lowest BCUT2D eigenvalue weighted by molar-refractivity contribution is 0.0942. The average Bonchev–Trinajstić information content (AvgIpc) is 3.17.